The number of anilines is 2. The van der Waals surface area contributed by atoms with Crippen LogP contribution >= 0.6 is 0 Å². The predicted molar refractivity (Wildman–Crippen MR) is 123 cm³/mol. The highest BCUT2D eigenvalue weighted by Crippen LogP contribution is 2.28. The van der Waals surface area contributed by atoms with Crippen molar-refractivity contribution in [3.8, 4) is 0 Å². The van der Waals surface area contributed by atoms with E-state index in [2.05, 4.69) is 35.4 Å². The Morgan fingerprint density at radius 1 is 0.967 bits per heavy atom. The fourth-order valence-corrected chi connectivity index (χ4v) is 3.98. The van der Waals surface area contributed by atoms with E-state index in [0.717, 1.165) is 30.0 Å². The summed E-state index contributed by atoms with van der Waals surface area (Å²) in [6.45, 7) is 8.03. The highest BCUT2D eigenvalue weighted by atomic mass is 16.2. The molecule has 3 rings (SSSR count). The van der Waals surface area contributed by atoms with Crippen molar-refractivity contribution in [1.29, 1.82) is 0 Å². The molecule has 0 bridgehead atoms. The Balaban J connectivity index is 1.76. The zero-order valence-corrected chi connectivity index (χ0v) is 18.3. The summed E-state index contributed by atoms with van der Waals surface area (Å²) in [5, 5.41) is 6.05. The van der Waals surface area contributed by atoms with E-state index in [-0.39, 0.29) is 17.7 Å². The number of aryl methyl sites for hydroxylation is 1. The van der Waals surface area contributed by atoms with Crippen molar-refractivity contribution >= 4 is 23.2 Å². The van der Waals surface area contributed by atoms with Gasteiger partial charge < -0.3 is 15.5 Å². The summed E-state index contributed by atoms with van der Waals surface area (Å²) in [6, 6.07) is 14.8. The maximum atomic E-state index is 13.2. The van der Waals surface area contributed by atoms with E-state index < -0.39 is 6.04 Å². The van der Waals surface area contributed by atoms with E-state index in [4.69, 9.17) is 0 Å². The lowest BCUT2D eigenvalue weighted by Crippen LogP contribution is -2.45. The number of benzene rings is 2. The van der Waals surface area contributed by atoms with Crippen molar-refractivity contribution in [3.05, 3.63) is 59.7 Å². The summed E-state index contributed by atoms with van der Waals surface area (Å²) >= 11 is 0. The molecule has 2 aromatic carbocycles. The minimum atomic E-state index is -0.591. The summed E-state index contributed by atoms with van der Waals surface area (Å²) in [5.41, 5.74) is 3.37. The Bertz CT molecular complexity index is 872. The summed E-state index contributed by atoms with van der Waals surface area (Å²) < 4.78 is 0. The highest BCUT2D eigenvalue weighted by Gasteiger charge is 2.24. The van der Waals surface area contributed by atoms with E-state index >= 15 is 0 Å². The van der Waals surface area contributed by atoms with E-state index in [1.807, 2.05) is 43.3 Å². The minimum absolute atomic E-state index is 0.171. The summed E-state index contributed by atoms with van der Waals surface area (Å²) in [4.78, 5) is 28.4. The Hall–Kier alpha value is -2.82. The number of nitrogens with one attached hydrogen (secondary N) is 2. The third-order valence-electron chi connectivity index (χ3n) is 5.58. The van der Waals surface area contributed by atoms with Gasteiger partial charge in [-0.2, -0.15) is 0 Å². The Morgan fingerprint density at radius 3 is 2.33 bits per heavy atom. The Kier molecular flexibility index (Phi) is 7.50. The first kappa shape index (κ1) is 21.9. The molecule has 160 valence electrons. The van der Waals surface area contributed by atoms with Crippen LogP contribution in [0.15, 0.2) is 48.5 Å². The maximum absolute atomic E-state index is 13.2. The number of carbonyl (C=O) groups is 2. The van der Waals surface area contributed by atoms with Gasteiger partial charge in [0.1, 0.15) is 6.04 Å². The third-order valence-corrected chi connectivity index (χ3v) is 5.58. The maximum Gasteiger partial charge on any atom is 0.252 e. The van der Waals surface area contributed by atoms with E-state index in [1.54, 1.807) is 6.07 Å². The van der Waals surface area contributed by atoms with Crippen molar-refractivity contribution in [2.45, 2.75) is 52.5 Å². The summed E-state index contributed by atoms with van der Waals surface area (Å²) in [5.74, 6) is -0.108. The normalized spacial score (nSPS) is 15.0. The van der Waals surface area contributed by atoms with Crippen LogP contribution in [0, 0.1) is 12.8 Å². The van der Waals surface area contributed by atoms with Gasteiger partial charge in [-0.05, 0) is 62.3 Å². The van der Waals surface area contributed by atoms with Gasteiger partial charge in [-0.15, -0.1) is 0 Å². The number of amides is 2. The zero-order chi connectivity index (χ0) is 21.5. The lowest BCUT2D eigenvalue weighted by molar-refractivity contribution is -0.118. The molecule has 2 amide bonds. The number of rotatable bonds is 7. The van der Waals surface area contributed by atoms with Crippen LogP contribution in [0.25, 0.3) is 0 Å². The van der Waals surface area contributed by atoms with E-state index in [9.17, 15) is 9.59 Å². The van der Waals surface area contributed by atoms with E-state index in [0.29, 0.717) is 12.0 Å². The molecule has 5 heteroatoms. The molecule has 1 aliphatic rings. The molecule has 0 spiro atoms. The van der Waals surface area contributed by atoms with Crippen LogP contribution in [0.4, 0.5) is 11.4 Å². The number of nitrogens with zero attached hydrogens (tertiary/aromatic N) is 1. The summed E-state index contributed by atoms with van der Waals surface area (Å²) in [6.07, 6.45) is 4.18. The third kappa shape index (κ3) is 5.62. The average Bonchev–Trinajstić information content (AvgIpc) is 2.74. The standard InChI is InChI=1S/C25H33N3O2/c1-18(2)17-22(27-24(29)20-12-6-5-11-19(20)3)25(30)26-21-13-7-8-14-23(21)28-15-9-4-10-16-28/h5-8,11-14,18,22H,4,9-10,15-17H2,1-3H3,(H,26,30)(H,27,29)/t22-/m0/s1. The zero-order valence-electron chi connectivity index (χ0n) is 18.3. The molecule has 0 saturated carbocycles. The van der Waals surface area contributed by atoms with Gasteiger partial charge in [0.25, 0.3) is 5.91 Å². The summed E-state index contributed by atoms with van der Waals surface area (Å²) in [7, 11) is 0. The second-order valence-corrected chi connectivity index (χ2v) is 8.52. The van der Waals surface area contributed by atoms with Gasteiger partial charge in [0, 0.05) is 18.7 Å². The van der Waals surface area contributed by atoms with Crippen LogP contribution in [0.2, 0.25) is 0 Å². The molecule has 1 aliphatic heterocycles. The van der Waals surface area contributed by atoms with Crippen LogP contribution < -0.4 is 15.5 Å². The quantitative estimate of drug-likeness (QED) is 0.695. The first-order valence-electron chi connectivity index (χ1n) is 11.0. The van der Waals surface area contributed by atoms with Gasteiger partial charge in [0.15, 0.2) is 0 Å². The molecule has 0 radical (unpaired) electrons. The smallest absolute Gasteiger partial charge is 0.252 e. The number of para-hydroxylation sites is 2. The second kappa shape index (κ2) is 10.3. The molecule has 1 atom stereocenters. The molecular weight excluding hydrogens is 374 g/mol. The number of carbonyl (C=O) groups excluding carboxylic acids is 2. The number of hydrogen-bond donors (Lipinski definition) is 2. The van der Waals surface area contributed by atoms with E-state index in [1.165, 1.54) is 19.3 Å². The average molecular weight is 408 g/mol. The van der Waals surface area contributed by atoms with Gasteiger partial charge in [0.2, 0.25) is 5.91 Å². The molecule has 0 aliphatic carbocycles. The SMILES string of the molecule is Cc1ccccc1C(=O)N[C@@H](CC(C)C)C(=O)Nc1ccccc1N1CCCCC1. The van der Waals surface area contributed by atoms with Crippen molar-refractivity contribution in [2.75, 3.05) is 23.3 Å². The number of piperidine rings is 1. The number of hydrogen-bond acceptors (Lipinski definition) is 3. The highest BCUT2D eigenvalue weighted by molar-refractivity contribution is 6.03. The van der Waals surface area contributed by atoms with Gasteiger partial charge in [-0.25, -0.2) is 0 Å². The van der Waals surface area contributed by atoms with Gasteiger partial charge in [0.05, 0.1) is 11.4 Å². The van der Waals surface area contributed by atoms with Crippen molar-refractivity contribution in [1.82, 2.24) is 5.32 Å². The molecule has 5 nitrogen and oxygen atoms in total. The largest absolute Gasteiger partial charge is 0.370 e. The molecule has 1 heterocycles. The minimum Gasteiger partial charge on any atom is -0.370 e. The van der Waals surface area contributed by atoms with Crippen molar-refractivity contribution < 1.29 is 9.59 Å². The first-order valence-corrected chi connectivity index (χ1v) is 11.0. The van der Waals surface area contributed by atoms with Gasteiger partial charge in [-0.1, -0.05) is 44.2 Å². The molecule has 2 N–H and O–H groups in total. The Labute approximate surface area is 179 Å². The molecule has 1 fully saturated rings. The van der Waals surface area contributed by atoms with Crippen LogP contribution in [0.3, 0.4) is 0 Å². The fraction of sp³-hybridized carbons (Fsp3) is 0.440. The van der Waals surface area contributed by atoms with Gasteiger partial charge in [-0.3, -0.25) is 9.59 Å². The van der Waals surface area contributed by atoms with Gasteiger partial charge >= 0.3 is 0 Å². The van der Waals surface area contributed by atoms with Crippen molar-refractivity contribution in [2.24, 2.45) is 5.92 Å². The first-order chi connectivity index (χ1) is 14.5. The molecule has 1 saturated heterocycles. The lowest BCUT2D eigenvalue weighted by atomic mass is 10.0. The molecule has 0 unspecified atom stereocenters. The van der Waals surface area contributed by atoms with Crippen LogP contribution in [-0.2, 0) is 4.79 Å². The molecule has 30 heavy (non-hydrogen) atoms. The van der Waals surface area contributed by atoms with Crippen LogP contribution in [0.1, 0.15) is 55.5 Å². The van der Waals surface area contributed by atoms with Crippen LogP contribution in [-0.4, -0.2) is 30.9 Å². The lowest BCUT2D eigenvalue weighted by Gasteiger charge is -2.31. The van der Waals surface area contributed by atoms with Crippen molar-refractivity contribution in [3.63, 3.8) is 0 Å². The fourth-order valence-electron chi connectivity index (χ4n) is 3.98. The molecule has 0 aromatic heterocycles. The van der Waals surface area contributed by atoms with Crippen LogP contribution in [0.5, 0.6) is 0 Å². The second-order valence-electron chi connectivity index (χ2n) is 8.52. The Morgan fingerprint density at radius 2 is 1.63 bits per heavy atom. The topological polar surface area (TPSA) is 61.4 Å². The monoisotopic (exact) mass is 407 g/mol. The molecule has 2 aromatic rings. The predicted octanol–water partition coefficient (Wildman–Crippen LogP) is 4.77. The molecular formula is C25H33N3O2.